The van der Waals surface area contributed by atoms with E-state index in [-0.39, 0.29) is 6.10 Å². The molecule has 0 aliphatic heterocycles. The van der Waals surface area contributed by atoms with Crippen LogP contribution in [0.4, 0.5) is 0 Å². The number of halogens is 1. The summed E-state index contributed by atoms with van der Waals surface area (Å²) < 4.78 is 0. The molecule has 0 aromatic heterocycles. The Balaban J connectivity index is 2.36. The van der Waals surface area contributed by atoms with Crippen LogP contribution >= 0.6 is 11.6 Å². The van der Waals surface area contributed by atoms with E-state index in [1.165, 1.54) is 5.56 Å². The fourth-order valence-corrected chi connectivity index (χ4v) is 1.90. The largest absolute Gasteiger partial charge is 0.393 e. The van der Waals surface area contributed by atoms with Crippen LogP contribution in [0.3, 0.4) is 0 Å². The molecule has 0 spiro atoms. The van der Waals surface area contributed by atoms with E-state index in [2.05, 4.69) is 13.8 Å². The van der Waals surface area contributed by atoms with Gasteiger partial charge in [0.2, 0.25) is 0 Å². The lowest BCUT2D eigenvalue weighted by Crippen LogP contribution is -2.11. The van der Waals surface area contributed by atoms with Crippen molar-refractivity contribution in [2.75, 3.05) is 0 Å². The molecule has 0 radical (unpaired) electrons. The lowest BCUT2D eigenvalue weighted by Gasteiger charge is -2.12. The maximum atomic E-state index is 9.72. The molecule has 0 aliphatic rings. The van der Waals surface area contributed by atoms with Crippen LogP contribution in [0.5, 0.6) is 0 Å². The molecule has 1 unspecified atom stereocenters. The van der Waals surface area contributed by atoms with E-state index < -0.39 is 0 Å². The number of hydrogen-bond acceptors (Lipinski definition) is 1. The van der Waals surface area contributed by atoms with Crippen LogP contribution in [0.25, 0.3) is 0 Å². The Morgan fingerprint density at radius 2 is 2.07 bits per heavy atom. The molecule has 0 fully saturated rings. The van der Waals surface area contributed by atoms with Crippen LogP contribution in [0.15, 0.2) is 24.3 Å². The van der Waals surface area contributed by atoms with E-state index in [1.54, 1.807) is 0 Å². The van der Waals surface area contributed by atoms with Crippen LogP contribution in [-0.2, 0) is 6.42 Å². The molecule has 1 N–H and O–H groups in total. The summed E-state index contributed by atoms with van der Waals surface area (Å²) in [7, 11) is 0. The fraction of sp³-hybridized carbons (Fsp3) is 0.538. The summed E-state index contributed by atoms with van der Waals surface area (Å²) >= 11 is 5.88. The highest BCUT2D eigenvalue weighted by atomic mass is 35.5. The molecule has 2 heteroatoms. The number of rotatable bonds is 5. The normalized spacial score (nSPS) is 13.1. The molecule has 1 nitrogen and oxygen atoms in total. The van der Waals surface area contributed by atoms with Crippen molar-refractivity contribution in [2.45, 2.75) is 39.2 Å². The molecule has 15 heavy (non-hydrogen) atoms. The maximum Gasteiger partial charge on any atom is 0.0545 e. The molecular formula is C13H19ClO. The second-order valence-electron chi connectivity index (χ2n) is 4.45. The molecule has 0 aliphatic carbocycles. The molecule has 1 aromatic rings. The number of benzene rings is 1. The van der Waals surface area contributed by atoms with Crippen molar-refractivity contribution in [2.24, 2.45) is 5.92 Å². The summed E-state index contributed by atoms with van der Waals surface area (Å²) in [4.78, 5) is 0. The summed E-state index contributed by atoms with van der Waals surface area (Å²) in [6.45, 7) is 4.26. The minimum atomic E-state index is -0.191. The molecule has 0 amide bonds. The van der Waals surface area contributed by atoms with Crippen molar-refractivity contribution in [1.82, 2.24) is 0 Å². The molecule has 0 saturated carbocycles. The predicted molar refractivity (Wildman–Crippen MR) is 65.2 cm³/mol. The van der Waals surface area contributed by atoms with Gasteiger partial charge in [-0.1, -0.05) is 37.6 Å². The average molecular weight is 227 g/mol. The van der Waals surface area contributed by atoms with Gasteiger partial charge in [0.05, 0.1) is 6.10 Å². The van der Waals surface area contributed by atoms with Gasteiger partial charge in [-0.2, -0.15) is 0 Å². The van der Waals surface area contributed by atoms with Gasteiger partial charge in [0.1, 0.15) is 0 Å². The lowest BCUT2D eigenvalue weighted by molar-refractivity contribution is 0.140. The zero-order valence-corrected chi connectivity index (χ0v) is 10.2. The molecule has 1 atom stereocenters. The van der Waals surface area contributed by atoms with Gasteiger partial charge in [-0.3, -0.25) is 0 Å². The summed E-state index contributed by atoms with van der Waals surface area (Å²) in [5.41, 5.74) is 1.20. The van der Waals surface area contributed by atoms with Crippen LogP contribution in [-0.4, -0.2) is 11.2 Å². The monoisotopic (exact) mass is 226 g/mol. The summed E-state index contributed by atoms with van der Waals surface area (Å²) in [6.07, 6.45) is 2.40. The van der Waals surface area contributed by atoms with Crippen molar-refractivity contribution < 1.29 is 5.11 Å². The Morgan fingerprint density at radius 3 is 2.67 bits per heavy atom. The zero-order chi connectivity index (χ0) is 11.3. The smallest absolute Gasteiger partial charge is 0.0545 e. The van der Waals surface area contributed by atoms with Crippen LogP contribution in [0.2, 0.25) is 5.02 Å². The number of aliphatic hydroxyl groups excluding tert-OH is 1. The molecule has 1 rings (SSSR count). The van der Waals surface area contributed by atoms with Crippen LogP contribution in [0.1, 0.15) is 32.3 Å². The quantitative estimate of drug-likeness (QED) is 0.812. The van der Waals surface area contributed by atoms with Gasteiger partial charge in [0.15, 0.2) is 0 Å². The topological polar surface area (TPSA) is 20.2 Å². The van der Waals surface area contributed by atoms with Gasteiger partial charge in [0.25, 0.3) is 0 Å². The molecule has 0 bridgehead atoms. The van der Waals surface area contributed by atoms with Crippen molar-refractivity contribution in [3.05, 3.63) is 34.9 Å². The molecule has 1 aromatic carbocycles. The van der Waals surface area contributed by atoms with Crippen molar-refractivity contribution in [3.63, 3.8) is 0 Å². The third-order valence-corrected chi connectivity index (χ3v) is 2.63. The van der Waals surface area contributed by atoms with Gasteiger partial charge in [-0.25, -0.2) is 0 Å². The molecule has 84 valence electrons. The number of aliphatic hydroxyl groups is 1. The highest BCUT2D eigenvalue weighted by Gasteiger charge is 2.07. The van der Waals surface area contributed by atoms with Crippen LogP contribution in [0, 0.1) is 5.92 Å². The molecule has 0 saturated heterocycles. The minimum Gasteiger partial charge on any atom is -0.393 e. The van der Waals surface area contributed by atoms with Gasteiger partial charge in [0, 0.05) is 5.02 Å². The summed E-state index contributed by atoms with van der Waals surface area (Å²) in [5, 5.41) is 10.5. The third-order valence-electron chi connectivity index (χ3n) is 2.40. The number of hydrogen-bond donors (Lipinski definition) is 1. The first-order chi connectivity index (χ1) is 7.08. The third kappa shape index (κ3) is 5.19. The minimum absolute atomic E-state index is 0.191. The Morgan fingerprint density at radius 1 is 1.33 bits per heavy atom. The molecule has 0 heterocycles. The fourth-order valence-electron chi connectivity index (χ4n) is 1.69. The predicted octanol–water partition coefficient (Wildman–Crippen LogP) is 3.68. The Hall–Kier alpha value is -0.530. The van der Waals surface area contributed by atoms with E-state index in [1.807, 2.05) is 24.3 Å². The van der Waals surface area contributed by atoms with E-state index in [9.17, 15) is 5.11 Å². The lowest BCUT2D eigenvalue weighted by atomic mass is 10.00. The van der Waals surface area contributed by atoms with Crippen molar-refractivity contribution in [1.29, 1.82) is 0 Å². The van der Waals surface area contributed by atoms with Crippen LogP contribution < -0.4 is 0 Å². The number of aryl methyl sites for hydroxylation is 1. The maximum absolute atomic E-state index is 9.72. The Kier molecular flexibility index (Phi) is 5.13. The highest BCUT2D eigenvalue weighted by Crippen LogP contribution is 2.15. The van der Waals surface area contributed by atoms with E-state index in [0.29, 0.717) is 5.92 Å². The highest BCUT2D eigenvalue weighted by molar-refractivity contribution is 6.30. The Bertz CT molecular complexity index is 296. The van der Waals surface area contributed by atoms with Crippen molar-refractivity contribution >= 4 is 11.6 Å². The summed E-state index contributed by atoms with van der Waals surface area (Å²) in [6, 6.07) is 7.83. The second-order valence-corrected chi connectivity index (χ2v) is 4.89. The van der Waals surface area contributed by atoms with E-state index in [0.717, 1.165) is 24.3 Å². The van der Waals surface area contributed by atoms with E-state index >= 15 is 0 Å². The van der Waals surface area contributed by atoms with Gasteiger partial charge in [-0.05, 0) is 42.9 Å². The first kappa shape index (κ1) is 12.5. The first-order valence-electron chi connectivity index (χ1n) is 5.50. The van der Waals surface area contributed by atoms with Gasteiger partial charge < -0.3 is 5.11 Å². The average Bonchev–Trinajstić information content (AvgIpc) is 2.14. The Labute approximate surface area is 97.1 Å². The SMILES string of the molecule is CC(C)CC(O)CCc1cccc(Cl)c1. The summed E-state index contributed by atoms with van der Waals surface area (Å²) in [5.74, 6) is 0.555. The van der Waals surface area contributed by atoms with Crippen molar-refractivity contribution in [3.8, 4) is 0 Å². The van der Waals surface area contributed by atoms with Gasteiger partial charge in [-0.15, -0.1) is 0 Å². The van der Waals surface area contributed by atoms with Gasteiger partial charge >= 0.3 is 0 Å². The zero-order valence-electron chi connectivity index (χ0n) is 9.41. The molecular weight excluding hydrogens is 208 g/mol. The second kappa shape index (κ2) is 6.14. The first-order valence-corrected chi connectivity index (χ1v) is 5.88. The standard InChI is InChI=1S/C13H19ClO/c1-10(2)8-13(15)7-6-11-4-3-5-12(14)9-11/h3-5,9-10,13,15H,6-8H2,1-2H3. The van der Waals surface area contributed by atoms with E-state index in [4.69, 9.17) is 11.6 Å².